The van der Waals surface area contributed by atoms with Gasteiger partial charge in [0.2, 0.25) is 0 Å². The van der Waals surface area contributed by atoms with E-state index in [0.717, 1.165) is 31.2 Å². The van der Waals surface area contributed by atoms with Gasteiger partial charge < -0.3 is 24.5 Å². The summed E-state index contributed by atoms with van der Waals surface area (Å²) >= 11 is 0. The molecule has 4 atom stereocenters. The standard InChI is InChI=1S/C36H51N6O8P/c1-6-8-10-20-46-32(43)22-29(34(44)47-21-11-9-7-2)41-51(45,50-27-14-12-26(13-15-27)35(3,4)5)48-23-28-18-19-36(24-37,49-28)31-17-16-30-33(38)39-25-40-42(30)31/h12-17,25,28-29H,6-11,18-23H2,1-5H3,(H,41,45)(H2,38,39,40)/t28-,29+,36+,51-/m1/s1. The number of nitrogen functional groups attached to an aromatic ring is 1. The minimum atomic E-state index is -4.42. The first-order chi connectivity index (χ1) is 24.3. The second-order valence-electron chi connectivity index (χ2n) is 13.7. The van der Waals surface area contributed by atoms with Crippen LogP contribution in [0.25, 0.3) is 5.52 Å². The van der Waals surface area contributed by atoms with Gasteiger partial charge in [0.25, 0.3) is 0 Å². The quantitative estimate of drug-likeness (QED) is 0.0772. The number of nitrogens with two attached hydrogens (primary N) is 1. The van der Waals surface area contributed by atoms with Crippen LogP contribution < -0.4 is 15.3 Å². The molecule has 0 bridgehead atoms. The molecule has 14 nitrogen and oxygen atoms in total. The van der Waals surface area contributed by atoms with E-state index in [2.05, 4.69) is 42.0 Å². The number of esters is 2. The maximum absolute atomic E-state index is 14.6. The Morgan fingerprint density at radius 3 is 2.43 bits per heavy atom. The molecule has 51 heavy (non-hydrogen) atoms. The van der Waals surface area contributed by atoms with Crippen LogP contribution in [0.3, 0.4) is 0 Å². The summed E-state index contributed by atoms with van der Waals surface area (Å²) in [6.45, 7) is 10.3. The lowest BCUT2D eigenvalue weighted by atomic mass is 9.87. The Kier molecular flexibility index (Phi) is 14.0. The summed E-state index contributed by atoms with van der Waals surface area (Å²) < 4.78 is 45.2. The zero-order valence-electron chi connectivity index (χ0n) is 30.3. The summed E-state index contributed by atoms with van der Waals surface area (Å²) in [7, 11) is -4.42. The summed E-state index contributed by atoms with van der Waals surface area (Å²) in [6, 6.07) is 11.3. The van der Waals surface area contributed by atoms with E-state index in [0.29, 0.717) is 30.5 Å². The van der Waals surface area contributed by atoms with Crippen LogP contribution in [0, 0.1) is 11.3 Å². The average molecular weight is 727 g/mol. The molecule has 1 aromatic carbocycles. The fourth-order valence-electron chi connectivity index (χ4n) is 5.66. The van der Waals surface area contributed by atoms with Crippen molar-refractivity contribution in [2.75, 3.05) is 25.6 Å². The molecular weight excluding hydrogens is 675 g/mol. The van der Waals surface area contributed by atoms with Gasteiger partial charge in [0, 0.05) is 0 Å². The molecule has 2 aromatic heterocycles. The topological polar surface area (TPSA) is 189 Å². The number of aromatic nitrogens is 3. The monoisotopic (exact) mass is 726 g/mol. The molecule has 0 saturated carbocycles. The number of nitriles is 1. The molecule has 1 aliphatic heterocycles. The molecule has 0 unspecified atom stereocenters. The minimum absolute atomic E-state index is 0.133. The van der Waals surface area contributed by atoms with Crippen LogP contribution in [-0.4, -0.2) is 58.5 Å². The van der Waals surface area contributed by atoms with Crippen LogP contribution in [0.5, 0.6) is 5.75 Å². The number of fused-ring (bicyclic) bond motifs is 1. The van der Waals surface area contributed by atoms with Gasteiger partial charge in [-0.1, -0.05) is 72.4 Å². The molecule has 3 N–H and O–H groups in total. The molecule has 0 spiro atoms. The van der Waals surface area contributed by atoms with Crippen molar-refractivity contribution in [3.05, 3.63) is 54.0 Å². The second-order valence-corrected chi connectivity index (χ2v) is 15.4. The molecule has 278 valence electrons. The highest BCUT2D eigenvalue weighted by Gasteiger charge is 2.46. The minimum Gasteiger partial charge on any atom is -0.466 e. The molecule has 0 aliphatic carbocycles. The third-order valence-electron chi connectivity index (χ3n) is 8.61. The third kappa shape index (κ3) is 10.7. The van der Waals surface area contributed by atoms with Crippen LogP contribution >= 0.6 is 7.75 Å². The van der Waals surface area contributed by atoms with E-state index in [1.165, 1.54) is 10.8 Å². The van der Waals surface area contributed by atoms with E-state index in [1.54, 1.807) is 24.3 Å². The van der Waals surface area contributed by atoms with Gasteiger partial charge in [-0.2, -0.15) is 15.4 Å². The van der Waals surface area contributed by atoms with Crippen LogP contribution in [0.1, 0.15) is 104 Å². The highest BCUT2D eigenvalue weighted by molar-refractivity contribution is 7.52. The lowest BCUT2D eigenvalue weighted by Crippen LogP contribution is -2.40. The molecule has 1 fully saturated rings. The van der Waals surface area contributed by atoms with Crippen molar-refractivity contribution < 1.29 is 37.4 Å². The van der Waals surface area contributed by atoms with Crippen molar-refractivity contribution >= 4 is 31.0 Å². The number of carbonyl (C=O) groups excluding carboxylic acids is 2. The Balaban J connectivity index is 1.56. The SMILES string of the molecule is CCCCCOC(=O)C[C@H](N[P@@](=O)(OC[C@H]1CC[C@](C#N)(c2ccc3c(N)ncnn23)O1)Oc1ccc(C(C)(C)C)cc1)C(=O)OCCCCC. The van der Waals surface area contributed by atoms with Gasteiger partial charge in [-0.15, -0.1) is 0 Å². The molecule has 3 heterocycles. The van der Waals surface area contributed by atoms with Gasteiger partial charge in [-0.25, -0.2) is 14.1 Å². The fourth-order valence-corrected chi connectivity index (χ4v) is 7.18. The maximum atomic E-state index is 14.6. The van der Waals surface area contributed by atoms with Crippen molar-refractivity contribution in [3.63, 3.8) is 0 Å². The second kappa shape index (κ2) is 18.0. The van der Waals surface area contributed by atoms with E-state index in [1.807, 2.05) is 26.0 Å². The number of anilines is 1. The van der Waals surface area contributed by atoms with Crippen LogP contribution in [0.2, 0.25) is 0 Å². The number of nitrogens with one attached hydrogen (secondary N) is 1. The molecule has 1 aliphatic rings. The highest BCUT2D eigenvalue weighted by atomic mass is 31.2. The lowest BCUT2D eigenvalue weighted by molar-refractivity contribution is -0.152. The van der Waals surface area contributed by atoms with Crippen LogP contribution in [0.15, 0.2) is 42.7 Å². The van der Waals surface area contributed by atoms with E-state index >= 15 is 0 Å². The first-order valence-electron chi connectivity index (χ1n) is 17.7. The summed E-state index contributed by atoms with van der Waals surface area (Å²) in [5.74, 6) is -0.969. The zero-order valence-corrected chi connectivity index (χ0v) is 31.2. The number of benzene rings is 1. The predicted octanol–water partition coefficient (Wildman–Crippen LogP) is 6.53. The normalized spacial score (nSPS) is 19.3. The van der Waals surface area contributed by atoms with E-state index in [-0.39, 0.29) is 43.2 Å². The van der Waals surface area contributed by atoms with Gasteiger partial charge in [0.1, 0.15) is 29.7 Å². The summed E-state index contributed by atoms with van der Waals surface area (Å²) in [5, 5.41) is 17.3. The van der Waals surface area contributed by atoms with Gasteiger partial charge >= 0.3 is 19.7 Å². The van der Waals surface area contributed by atoms with Gasteiger partial charge in [-0.05, 0) is 60.9 Å². The molecule has 0 radical (unpaired) electrons. The molecule has 15 heteroatoms. The van der Waals surface area contributed by atoms with Crippen molar-refractivity contribution in [3.8, 4) is 11.8 Å². The molecule has 3 aromatic rings. The first-order valence-corrected chi connectivity index (χ1v) is 19.2. The average Bonchev–Trinajstić information content (AvgIpc) is 3.73. The van der Waals surface area contributed by atoms with Crippen molar-refractivity contribution in [2.24, 2.45) is 0 Å². The summed E-state index contributed by atoms with van der Waals surface area (Å²) in [6.07, 6.45) is 5.74. The summed E-state index contributed by atoms with van der Waals surface area (Å²) in [4.78, 5) is 30.2. The number of hydrogen-bond acceptors (Lipinski definition) is 12. The maximum Gasteiger partial charge on any atom is 0.459 e. The number of carbonyl (C=O) groups is 2. The molecule has 0 amide bonds. The van der Waals surface area contributed by atoms with Crippen molar-refractivity contribution in [2.45, 2.75) is 116 Å². The van der Waals surface area contributed by atoms with E-state index < -0.39 is 43.9 Å². The van der Waals surface area contributed by atoms with Gasteiger partial charge in [0.15, 0.2) is 11.4 Å². The van der Waals surface area contributed by atoms with Crippen LogP contribution in [-0.2, 0) is 43.9 Å². The number of unbranched alkanes of at least 4 members (excludes halogenated alkanes) is 4. The Labute approximate surface area is 299 Å². The fraction of sp³-hybridized carbons (Fsp3) is 0.583. The van der Waals surface area contributed by atoms with Gasteiger partial charge in [-0.3, -0.25) is 14.1 Å². The Morgan fingerprint density at radius 1 is 1.10 bits per heavy atom. The molecular formula is C36H51N6O8P. The Bertz CT molecular complexity index is 1700. The van der Waals surface area contributed by atoms with Crippen molar-refractivity contribution in [1.82, 2.24) is 19.7 Å². The third-order valence-corrected chi connectivity index (χ3v) is 10.2. The molecule has 1 saturated heterocycles. The van der Waals surface area contributed by atoms with Gasteiger partial charge in [0.05, 0.1) is 38.0 Å². The number of rotatable bonds is 19. The first kappa shape index (κ1) is 39.8. The largest absolute Gasteiger partial charge is 0.466 e. The smallest absolute Gasteiger partial charge is 0.459 e. The van der Waals surface area contributed by atoms with E-state index in [9.17, 15) is 19.4 Å². The zero-order chi connectivity index (χ0) is 37.1. The number of ether oxygens (including phenoxy) is 3. The molecule has 4 rings (SSSR count). The lowest BCUT2D eigenvalue weighted by Gasteiger charge is -2.26. The summed E-state index contributed by atoms with van der Waals surface area (Å²) in [5.41, 5.74) is 6.49. The number of nitrogens with zero attached hydrogens (tertiary/aromatic N) is 4. The van der Waals surface area contributed by atoms with Crippen LogP contribution in [0.4, 0.5) is 5.82 Å². The Hall–Kier alpha value is -4.02. The van der Waals surface area contributed by atoms with E-state index in [4.69, 9.17) is 29.0 Å². The van der Waals surface area contributed by atoms with Crippen molar-refractivity contribution in [1.29, 1.82) is 5.26 Å². The highest BCUT2D eigenvalue weighted by Crippen LogP contribution is 2.47. The number of hydrogen-bond donors (Lipinski definition) is 2. The Morgan fingerprint density at radius 2 is 1.78 bits per heavy atom. The predicted molar refractivity (Wildman–Crippen MR) is 191 cm³/mol.